The van der Waals surface area contributed by atoms with E-state index in [0.717, 1.165) is 30.8 Å². The molecule has 2 N–H and O–H groups in total. The van der Waals surface area contributed by atoms with Crippen molar-refractivity contribution in [2.45, 2.75) is 19.4 Å². The van der Waals surface area contributed by atoms with Gasteiger partial charge in [-0.1, -0.05) is 6.07 Å². The lowest BCUT2D eigenvalue weighted by molar-refractivity contribution is 0.252. The minimum atomic E-state index is -0.214. The molecule has 0 bridgehead atoms. The molecule has 2 aromatic carbocycles. The largest absolute Gasteiger partial charge is 0.493 e. The Morgan fingerprint density at radius 1 is 1.06 bits per heavy atom. The summed E-state index contributed by atoms with van der Waals surface area (Å²) in [7, 11) is 3.23. The van der Waals surface area contributed by atoms with E-state index in [1.165, 1.54) is 16.1 Å². The zero-order valence-electron chi connectivity index (χ0n) is 17.8. The Kier molecular flexibility index (Phi) is 6.62. The topological polar surface area (TPSA) is 62.8 Å². The molecule has 1 aromatic heterocycles. The molecule has 0 unspecified atom stereocenters. The molecule has 7 heteroatoms. The van der Waals surface area contributed by atoms with E-state index in [0.29, 0.717) is 24.5 Å². The maximum absolute atomic E-state index is 12.2. The van der Waals surface area contributed by atoms with Crippen LogP contribution in [0, 0.1) is 0 Å². The Morgan fingerprint density at radius 3 is 2.65 bits per heavy atom. The van der Waals surface area contributed by atoms with Crippen LogP contribution in [0.2, 0.25) is 0 Å². The number of thiophene rings is 1. The Bertz CT molecular complexity index is 1030. The lowest BCUT2D eigenvalue weighted by Crippen LogP contribution is -2.30. The van der Waals surface area contributed by atoms with Gasteiger partial charge >= 0.3 is 6.03 Å². The summed E-state index contributed by atoms with van der Waals surface area (Å²) in [5, 5.41) is 7.97. The number of nitrogens with one attached hydrogen (secondary N) is 2. The molecule has 0 saturated heterocycles. The van der Waals surface area contributed by atoms with Gasteiger partial charge in [0, 0.05) is 35.9 Å². The van der Waals surface area contributed by atoms with Gasteiger partial charge in [0.15, 0.2) is 11.5 Å². The maximum atomic E-state index is 12.2. The molecule has 162 valence electrons. The third kappa shape index (κ3) is 5.11. The number of anilines is 2. The zero-order valence-corrected chi connectivity index (χ0v) is 18.6. The lowest BCUT2D eigenvalue weighted by Gasteiger charge is -2.29. The Hall–Kier alpha value is -3.19. The SMILES string of the molecule is COc1ccc(CCNC(=O)Nc2ccc(N3CCc4sccc4C3)cc2)cc1OC. The fourth-order valence-corrected chi connectivity index (χ4v) is 4.65. The van der Waals surface area contributed by atoms with E-state index in [1.807, 2.05) is 41.7 Å². The van der Waals surface area contributed by atoms with Crippen molar-refractivity contribution in [2.75, 3.05) is 37.5 Å². The first-order valence-electron chi connectivity index (χ1n) is 10.3. The maximum Gasteiger partial charge on any atom is 0.319 e. The van der Waals surface area contributed by atoms with Crippen molar-refractivity contribution in [3.8, 4) is 11.5 Å². The highest BCUT2D eigenvalue weighted by Gasteiger charge is 2.17. The van der Waals surface area contributed by atoms with E-state index >= 15 is 0 Å². The molecule has 31 heavy (non-hydrogen) atoms. The van der Waals surface area contributed by atoms with Gasteiger partial charge in [0.1, 0.15) is 0 Å². The van der Waals surface area contributed by atoms with Gasteiger partial charge in [-0.05, 0) is 71.8 Å². The van der Waals surface area contributed by atoms with E-state index < -0.39 is 0 Å². The highest BCUT2D eigenvalue weighted by molar-refractivity contribution is 7.10. The van der Waals surface area contributed by atoms with Crippen LogP contribution in [0.25, 0.3) is 0 Å². The van der Waals surface area contributed by atoms with Crippen molar-refractivity contribution in [2.24, 2.45) is 0 Å². The van der Waals surface area contributed by atoms with E-state index in [-0.39, 0.29) is 6.03 Å². The quantitative estimate of drug-likeness (QED) is 0.563. The van der Waals surface area contributed by atoms with Crippen molar-refractivity contribution in [1.82, 2.24) is 5.32 Å². The second-order valence-corrected chi connectivity index (χ2v) is 8.41. The summed E-state index contributed by atoms with van der Waals surface area (Å²) < 4.78 is 10.6. The number of carbonyl (C=O) groups excluding carboxylic acids is 1. The van der Waals surface area contributed by atoms with Crippen LogP contribution in [-0.4, -0.2) is 33.3 Å². The van der Waals surface area contributed by atoms with Gasteiger partial charge in [0.2, 0.25) is 0 Å². The molecule has 6 nitrogen and oxygen atoms in total. The zero-order chi connectivity index (χ0) is 21.6. The fraction of sp³-hybridized carbons (Fsp3) is 0.292. The summed E-state index contributed by atoms with van der Waals surface area (Å²) in [4.78, 5) is 16.1. The van der Waals surface area contributed by atoms with E-state index in [4.69, 9.17) is 9.47 Å². The second kappa shape index (κ2) is 9.75. The predicted octanol–water partition coefficient (Wildman–Crippen LogP) is 4.69. The number of carbonyl (C=O) groups is 1. The summed E-state index contributed by atoms with van der Waals surface area (Å²) in [5.74, 6) is 1.38. The summed E-state index contributed by atoms with van der Waals surface area (Å²) >= 11 is 1.85. The number of rotatable bonds is 7. The molecule has 1 aliphatic heterocycles. The Labute approximate surface area is 186 Å². The van der Waals surface area contributed by atoms with Gasteiger partial charge in [-0.25, -0.2) is 4.79 Å². The fourth-order valence-electron chi connectivity index (χ4n) is 3.76. The number of urea groups is 1. The van der Waals surface area contributed by atoms with Gasteiger partial charge in [0.05, 0.1) is 14.2 Å². The monoisotopic (exact) mass is 437 g/mol. The second-order valence-electron chi connectivity index (χ2n) is 7.41. The van der Waals surface area contributed by atoms with Crippen LogP contribution < -0.4 is 25.0 Å². The Balaban J connectivity index is 1.25. The van der Waals surface area contributed by atoms with E-state index in [2.05, 4.69) is 39.1 Å². The third-order valence-corrected chi connectivity index (χ3v) is 6.47. The number of hydrogen-bond acceptors (Lipinski definition) is 5. The van der Waals surface area contributed by atoms with Crippen molar-refractivity contribution in [3.05, 3.63) is 69.9 Å². The highest BCUT2D eigenvalue weighted by atomic mass is 32.1. The number of ether oxygens (including phenoxy) is 2. The summed E-state index contributed by atoms with van der Waals surface area (Å²) in [6.07, 6.45) is 1.79. The molecule has 0 spiro atoms. The van der Waals surface area contributed by atoms with Gasteiger partial charge in [-0.2, -0.15) is 0 Å². The number of nitrogens with zero attached hydrogens (tertiary/aromatic N) is 1. The lowest BCUT2D eigenvalue weighted by atomic mass is 10.1. The molecule has 0 atom stereocenters. The van der Waals surface area contributed by atoms with Crippen LogP contribution in [0.1, 0.15) is 16.0 Å². The van der Waals surface area contributed by atoms with Crippen LogP contribution in [0.4, 0.5) is 16.2 Å². The summed E-state index contributed by atoms with van der Waals surface area (Å²) in [6.45, 7) is 2.50. The van der Waals surface area contributed by atoms with Gasteiger partial charge in [0.25, 0.3) is 0 Å². The number of hydrogen-bond donors (Lipinski definition) is 2. The summed E-state index contributed by atoms with van der Waals surface area (Å²) in [6, 6.07) is 15.8. The molecule has 0 saturated carbocycles. The van der Waals surface area contributed by atoms with Gasteiger partial charge in [-0.15, -0.1) is 11.3 Å². The third-order valence-electron chi connectivity index (χ3n) is 5.45. The number of methoxy groups -OCH3 is 2. The van der Waals surface area contributed by atoms with Crippen LogP contribution >= 0.6 is 11.3 Å². The molecule has 1 aliphatic rings. The average Bonchev–Trinajstić information content (AvgIpc) is 3.27. The molecule has 2 amide bonds. The number of benzene rings is 2. The molecule has 2 heterocycles. The van der Waals surface area contributed by atoms with Gasteiger partial charge < -0.3 is 25.0 Å². The van der Waals surface area contributed by atoms with Crippen LogP contribution in [0.5, 0.6) is 11.5 Å². The van der Waals surface area contributed by atoms with E-state index in [9.17, 15) is 4.79 Å². The molecule has 0 aliphatic carbocycles. The summed E-state index contributed by atoms with van der Waals surface area (Å²) in [5.41, 5.74) is 4.45. The smallest absolute Gasteiger partial charge is 0.319 e. The molecular weight excluding hydrogens is 410 g/mol. The Morgan fingerprint density at radius 2 is 1.87 bits per heavy atom. The number of fused-ring (bicyclic) bond motifs is 1. The molecular formula is C24H27N3O3S. The minimum Gasteiger partial charge on any atom is -0.493 e. The van der Waals surface area contributed by atoms with Crippen LogP contribution in [0.3, 0.4) is 0 Å². The van der Waals surface area contributed by atoms with Crippen molar-refractivity contribution >= 4 is 28.7 Å². The first-order chi connectivity index (χ1) is 15.2. The van der Waals surface area contributed by atoms with Gasteiger partial charge in [-0.3, -0.25) is 0 Å². The first-order valence-corrected chi connectivity index (χ1v) is 11.2. The molecule has 0 radical (unpaired) electrons. The highest BCUT2D eigenvalue weighted by Crippen LogP contribution is 2.29. The van der Waals surface area contributed by atoms with Crippen molar-refractivity contribution < 1.29 is 14.3 Å². The minimum absolute atomic E-state index is 0.214. The van der Waals surface area contributed by atoms with Crippen molar-refractivity contribution in [1.29, 1.82) is 0 Å². The molecule has 4 rings (SSSR count). The predicted molar refractivity (Wildman–Crippen MR) is 126 cm³/mol. The molecule has 3 aromatic rings. The van der Waals surface area contributed by atoms with Crippen molar-refractivity contribution in [3.63, 3.8) is 0 Å². The van der Waals surface area contributed by atoms with Crippen LogP contribution in [-0.2, 0) is 19.4 Å². The number of amides is 2. The van der Waals surface area contributed by atoms with E-state index in [1.54, 1.807) is 14.2 Å². The standard InChI is InChI=1S/C24H27N3O3S/c1-29-21-8-3-17(15-22(21)30-2)9-12-25-24(28)26-19-4-6-20(7-5-19)27-13-10-23-18(16-27)11-14-31-23/h3-8,11,14-15H,9-10,12-13,16H2,1-2H3,(H2,25,26,28). The first kappa shape index (κ1) is 21.1. The normalized spacial score (nSPS) is 12.8. The average molecular weight is 438 g/mol. The molecule has 0 fully saturated rings. The van der Waals surface area contributed by atoms with Crippen LogP contribution in [0.15, 0.2) is 53.9 Å².